The van der Waals surface area contributed by atoms with Crippen molar-refractivity contribution in [3.8, 4) is 0 Å². The zero-order valence-corrected chi connectivity index (χ0v) is 15.2. The molecule has 1 saturated heterocycles. The van der Waals surface area contributed by atoms with E-state index in [1.54, 1.807) is 0 Å². The standard InChI is InChI=1S/C14H12F6O9S/c15-13(16,17)12(14(18,19)20,30(24,25)26)11(23)27-3-7(21)28-8-4-1-5-6(2-4)10(22)29-9(5)8/h4-6,8-9H,1-3H2,(H,24,25,26)/t4-,5?,6?,8?,9?/m0/s1. The lowest BCUT2D eigenvalue weighted by Gasteiger charge is -2.31. The fourth-order valence-corrected chi connectivity index (χ4v) is 5.12. The molecule has 1 aliphatic heterocycles. The van der Waals surface area contributed by atoms with Crippen LogP contribution in [0.5, 0.6) is 0 Å². The van der Waals surface area contributed by atoms with Gasteiger partial charge in [-0.15, -0.1) is 0 Å². The molecule has 0 radical (unpaired) electrons. The average Bonchev–Trinajstić information content (AvgIpc) is 3.14. The van der Waals surface area contributed by atoms with Crippen LogP contribution in [0.15, 0.2) is 0 Å². The monoisotopic (exact) mass is 470 g/mol. The molecule has 1 N–H and O–H groups in total. The fraction of sp³-hybridized carbons (Fsp3) is 0.786. The number of carbonyl (C=O) groups is 3. The van der Waals surface area contributed by atoms with E-state index >= 15 is 0 Å². The Bertz CT molecular complexity index is 865. The summed E-state index contributed by atoms with van der Waals surface area (Å²) in [6.45, 7) is -1.81. The van der Waals surface area contributed by atoms with Gasteiger partial charge < -0.3 is 14.2 Å². The van der Waals surface area contributed by atoms with Crippen molar-refractivity contribution in [3.63, 3.8) is 0 Å². The number of ether oxygens (including phenoxy) is 3. The van der Waals surface area contributed by atoms with Crippen LogP contribution in [0, 0.1) is 17.8 Å². The van der Waals surface area contributed by atoms with Crippen molar-refractivity contribution in [1.82, 2.24) is 0 Å². The quantitative estimate of drug-likeness (QED) is 0.268. The maximum absolute atomic E-state index is 13.0. The smallest absolute Gasteiger partial charge is 0.430 e. The van der Waals surface area contributed by atoms with E-state index in [0.717, 1.165) is 0 Å². The van der Waals surface area contributed by atoms with Gasteiger partial charge in [0.1, 0.15) is 12.2 Å². The number of rotatable bonds is 5. The number of hydrogen-bond acceptors (Lipinski definition) is 8. The number of carbonyl (C=O) groups excluding carboxylic acids is 3. The highest BCUT2D eigenvalue weighted by atomic mass is 32.2. The molecule has 9 nitrogen and oxygen atoms in total. The molecule has 3 fully saturated rings. The highest BCUT2D eigenvalue weighted by Crippen LogP contribution is 2.55. The fourth-order valence-electron chi connectivity index (χ4n) is 4.27. The second-order valence-corrected chi connectivity index (χ2v) is 8.65. The summed E-state index contributed by atoms with van der Waals surface area (Å²) < 4.78 is 116. The second kappa shape index (κ2) is 6.70. The maximum Gasteiger partial charge on any atom is 0.430 e. The van der Waals surface area contributed by atoms with E-state index in [2.05, 4.69) is 4.74 Å². The van der Waals surface area contributed by atoms with Crippen LogP contribution in [0.1, 0.15) is 12.8 Å². The number of hydrogen-bond donors (Lipinski definition) is 1. The minimum absolute atomic E-state index is 0.245. The zero-order valence-electron chi connectivity index (χ0n) is 14.4. The molecule has 0 amide bonds. The van der Waals surface area contributed by atoms with Gasteiger partial charge in [-0.2, -0.15) is 34.8 Å². The largest absolute Gasteiger partial charge is 0.458 e. The summed E-state index contributed by atoms with van der Waals surface area (Å²) in [7, 11) is -7.17. The van der Waals surface area contributed by atoms with Crippen LogP contribution in [-0.2, 0) is 38.7 Å². The summed E-state index contributed by atoms with van der Waals surface area (Å²) in [6.07, 6.45) is -14.8. The minimum Gasteiger partial charge on any atom is -0.458 e. The van der Waals surface area contributed by atoms with Gasteiger partial charge in [0.2, 0.25) is 0 Å². The molecule has 2 bridgehead atoms. The molecular weight excluding hydrogens is 458 g/mol. The number of esters is 3. The van der Waals surface area contributed by atoms with Gasteiger partial charge in [0.15, 0.2) is 6.61 Å². The van der Waals surface area contributed by atoms with Crippen LogP contribution in [0.4, 0.5) is 26.3 Å². The molecule has 4 unspecified atom stereocenters. The van der Waals surface area contributed by atoms with Gasteiger partial charge in [0, 0.05) is 11.8 Å². The third-order valence-electron chi connectivity index (χ3n) is 5.48. The Morgan fingerprint density at radius 3 is 2.17 bits per heavy atom. The van der Waals surface area contributed by atoms with Crippen LogP contribution in [-0.4, -0.2) is 66.8 Å². The SMILES string of the molecule is O=C(COC(=O)C(C(F)(F)F)(C(F)(F)F)S(=O)(=O)O)OC1C2OC(=O)C3C[C@@H]1CC32. The van der Waals surface area contributed by atoms with Gasteiger partial charge in [-0.05, 0) is 12.8 Å². The van der Waals surface area contributed by atoms with Crippen LogP contribution < -0.4 is 0 Å². The van der Waals surface area contributed by atoms with Crippen molar-refractivity contribution >= 4 is 28.0 Å². The first kappa shape index (κ1) is 22.6. The minimum atomic E-state index is -7.17. The van der Waals surface area contributed by atoms with Gasteiger partial charge in [0.05, 0.1) is 5.92 Å². The Labute approximate surface area is 163 Å². The van der Waals surface area contributed by atoms with Crippen molar-refractivity contribution < 1.29 is 67.9 Å². The van der Waals surface area contributed by atoms with Gasteiger partial charge in [-0.1, -0.05) is 0 Å². The third kappa shape index (κ3) is 3.11. The highest BCUT2D eigenvalue weighted by molar-refractivity contribution is 7.88. The molecular formula is C14H12F6O9S. The lowest BCUT2D eigenvalue weighted by atomic mass is 9.88. The molecule has 2 aliphatic carbocycles. The molecule has 2 saturated carbocycles. The van der Waals surface area contributed by atoms with Gasteiger partial charge in [-0.25, -0.2) is 9.59 Å². The molecule has 0 aromatic carbocycles. The first-order valence-corrected chi connectivity index (χ1v) is 9.64. The molecule has 5 atom stereocenters. The molecule has 0 aromatic rings. The Kier molecular flexibility index (Phi) is 5.04. The molecule has 16 heteroatoms. The number of fused-ring (bicyclic) bond motifs is 1. The number of halogens is 6. The normalized spacial score (nSPS) is 30.9. The van der Waals surface area contributed by atoms with E-state index in [0.29, 0.717) is 12.8 Å². The van der Waals surface area contributed by atoms with Crippen LogP contribution in [0.3, 0.4) is 0 Å². The molecule has 1 heterocycles. The molecule has 30 heavy (non-hydrogen) atoms. The summed E-state index contributed by atoms with van der Waals surface area (Å²) in [5.41, 5.74) is 0. The summed E-state index contributed by atoms with van der Waals surface area (Å²) in [6, 6.07) is 0. The maximum atomic E-state index is 13.0. The second-order valence-electron chi connectivity index (χ2n) is 7.09. The van der Waals surface area contributed by atoms with Crippen molar-refractivity contribution in [2.45, 2.75) is 42.1 Å². The average molecular weight is 470 g/mol. The van der Waals surface area contributed by atoms with E-state index in [9.17, 15) is 49.1 Å². The van der Waals surface area contributed by atoms with Crippen molar-refractivity contribution in [3.05, 3.63) is 0 Å². The van der Waals surface area contributed by atoms with Gasteiger partial charge in [-0.3, -0.25) is 9.35 Å². The Hall–Kier alpha value is -2.10. The van der Waals surface area contributed by atoms with Crippen LogP contribution in [0.25, 0.3) is 0 Å². The van der Waals surface area contributed by atoms with E-state index in [4.69, 9.17) is 14.0 Å². The summed E-state index contributed by atoms with van der Waals surface area (Å²) in [5.74, 6) is -6.52. The predicted molar refractivity (Wildman–Crippen MR) is 76.8 cm³/mol. The van der Waals surface area contributed by atoms with Crippen LogP contribution >= 0.6 is 0 Å². The van der Waals surface area contributed by atoms with Crippen LogP contribution in [0.2, 0.25) is 0 Å². The van der Waals surface area contributed by atoms with E-state index < -0.39 is 63.9 Å². The molecule has 0 aromatic heterocycles. The first-order valence-electron chi connectivity index (χ1n) is 8.20. The van der Waals surface area contributed by atoms with Gasteiger partial charge in [0.25, 0.3) is 0 Å². The molecule has 3 aliphatic rings. The predicted octanol–water partition coefficient (Wildman–Crippen LogP) is 0.774. The Morgan fingerprint density at radius 1 is 1.10 bits per heavy atom. The topological polar surface area (TPSA) is 133 Å². The first-order chi connectivity index (χ1) is 13.5. The molecule has 170 valence electrons. The Balaban J connectivity index is 1.72. The lowest BCUT2D eigenvalue weighted by Crippen LogP contribution is -2.67. The van der Waals surface area contributed by atoms with E-state index in [1.807, 2.05) is 0 Å². The molecule has 3 rings (SSSR count). The van der Waals surface area contributed by atoms with Crippen molar-refractivity contribution in [2.75, 3.05) is 6.61 Å². The zero-order chi connectivity index (χ0) is 22.9. The third-order valence-corrected chi connectivity index (χ3v) is 6.88. The summed E-state index contributed by atoms with van der Waals surface area (Å²) in [5, 5.41) is 0. The lowest BCUT2D eigenvalue weighted by molar-refractivity contribution is -0.269. The van der Waals surface area contributed by atoms with E-state index in [1.165, 1.54) is 0 Å². The van der Waals surface area contributed by atoms with Gasteiger partial charge >= 0.3 is 45.1 Å². The Morgan fingerprint density at radius 2 is 1.67 bits per heavy atom. The summed E-state index contributed by atoms with van der Waals surface area (Å²) in [4.78, 5) is 35.0. The number of alkyl halides is 6. The highest BCUT2D eigenvalue weighted by Gasteiger charge is 2.85. The van der Waals surface area contributed by atoms with Crippen molar-refractivity contribution in [1.29, 1.82) is 0 Å². The van der Waals surface area contributed by atoms with Crippen molar-refractivity contribution in [2.24, 2.45) is 17.8 Å². The van der Waals surface area contributed by atoms with E-state index in [-0.39, 0.29) is 17.8 Å². The molecule has 0 spiro atoms. The summed E-state index contributed by atoms with van der Waals surface area (Å²) >= 11 is 0.